The second-order valence-corrected chi connectivity index (χ2v) is 3.81. The van der Waals surface area contributed by atoms with E-state index in [4.69, 9.17) is 27.0 Å². The van der Waals surface area contributed by atoms with Gasteiger partial charge in [-0.3, -0.25) is 4.79 Å². The molecule has 0 bridgehead atoms. The van der Waals surface area contributed by atoms with Crippen molar-refractivity contribution in [2.24, 2.45) is 0 Å². The molecule has 6 nitrogen and oxygen atoms in total. The Balaban J connectivity index is 2.96. The van der Waals surface area contributed by atoms with Gasteiger partial charge in [0.05, 0.1) is 25.1 Å². The molecule has 0 saturated carbocycles. The van der Waals surface area contributed by atoms with E-state index in [9.17, 15) is 4.79 Å². The van der Waals surface area contributed by atoms with Crippen molar-refractivity contribution >= 4 is 23.1 Å². The van der Waals surface area contributed by atoms with E-state index in [1.165, 1.54) is 20.3 Å². The third-order valence-electron chi connectivity index (χ3n) is 2.50. The highest BCUT2D eigenvalue weighted by atomic mass is 32.1. The quantitative estimate of drug-likeness (QED) is 0.828. The summed E-state index contributed by atoms with van der Waals surface area (Å²) in [6.45, 7) is 0. The normalized spacial score (nSPS) is 10.1. The summed E-state index contributed by atoms with van der Waals surface area (Å²) in [7, 11) is 2.96. The molecule has 0 atom stereocenters. The maximum Gasteiger partial charge on any atom is 0.275 e. The van der Waals surface area contributed by atoms with Gasteiger partial charge in [-0.25, -0.2) is 0 Å². The van der Waals surface area contributed by atoms with E-state index < -0.39 is 5.56 Å². The number of nitrogens with zero attached hydrogens (tertiary/aromatic N) is 2. The molecule has 0 spiro atoms. The van der Waals surface area contributed by atoms with Crippen LogP contribution in [0.1, 0.15) is 0 Å². The van der Waals surface area contributed by atoms with Crippen LogP contribution in [0, 0.1) is 16.2 Å². The van der Waals surface area contributed by atoms with E-state index in [0.717, 1.165) is 4.57 Å². The molecule has 2 rings (SSSR count). The molecule has 0 amide bonds. The van der Waals surface area contributed by atoms with Crippen molar-refractivity contribution in [1.82, 2.24) is 9.55 Å². The van der Waals surface area contributed by atoms with E-state index in [0.29, 0.717) is 22.4 Å². The van der Waals surface area contributed by atoms with Gasteiger partial charge in [0.2, 0.25) is 0 Å². The number of fused-ring (bicyclic) bond motifs is 1. The molecular weight excluding hydrogens is 254 g/mol. The Labute approximate surface area is 107 Å². The van der Waals surface area contributed by atoms with Crippen LogP contribution < -0.4 is 15.0 Å². The number of ether oxygens (including phenoxy) is 2. The van der Waals surface area contributed by atoms with Crippen molar-refractivity contribution in [2.75, 3.05) is 14.2 Å². The van der Waals surface area contributed by atoms with E-state index in [-0.39, 0.29) is 4.77 Å². The Bertz CT molecular complexity index is 770. The van der Waals surface area contributed by atoms with Crippen molar-refractivity contribution in [3.8, 4) is 17.7 Å². The molecule has 92 valence electrons. The smallest absolute Gasteiger partial charge is 0.275 e. The van der Waals surface area contributed by atoms with E-state index in [1.807, 2.05) is 0 Å². The van der Waals surface area contributed by atoms with Crippen LogP contribution in [0.3, 0.4) is 0 Å². The molecule has 1 aromatic carbocycles. The first-order valence-electron chi connectivity index (χ1n) is 4.93. The lowest BCUT2D eigenvalue weighted by molar-refractivity contribution is 0.355. The summed E-state index contributed by atoms with van der Waals surface area (Å²) in [6.07, 6.45) is 1.72. The van der Waals surface area contributed by atoms with Crippen molar-refractivity contribution in [3.05, 3.63) is 27.3 Å². The summed E-state index contributed by atoms with van der Waals surface area (Å²) in [5.41, 5.74) is 0.00588. The second-order valence-electron chi connectivity index (χ2n) is 3.42. The van der Waals surface area contributed by atoms with E-state index in [2.05, 4.69) is 4.98 Å². The molecule has 0 aliphatic heterocycles. The highest BCUT2D eigenvalue weighted by molar-refractivity contribution is 7.71. The third kappa shape index (κ3) is 1.72. The van der Waals surface area contributed by atoms with E-state index in [1.54, 1.807) is 12.3 Å². The topological polar surface area (TPSA) is 80.0 Å². The first-order chi connectivity index (χ1) is 8.62. The number of rotatable bonds is 2. The summed E-state index contributed by atoms with van der Waals surface area (Å²) in [6, 6.07) is 3.11. The highest BCUT2D eigenvalue weighted by Crippen LogP contribution is 2.29. The van der Waals surface area contributed by atoms with Gasteiger partial charge in [0.1, 0.15) is 0 Å². The average molecular weight is 263 g/mol. The molecule has 1 aromatic heterocycles. The van der Waals surface area contributed by atoms with Crippen LogP contribution in [0.25, 0.3) is 10.9 Å². The molecule has 0 unspecified atom stereocenters. The Morgan fingerprint density at radius 3 is 2.50 bits per heavy atom. The molecule has 7 heteroatoms. The van der Waals surface area contributed by atoms with Crippen molar-refractivity contribution in [2.45, 2.75) is 0 Å². The fourth-order valence-electron chi connectivity index (χ4n) is 1.63. The van der Waals surface area contributed by atoms with Crippen LogP contribution in [0.2, 0.25) is 0 Å². The SMILES string of the molecule is COc1cc2[nH]c(=S)n(C#N)c(=O)c2cc1OC. The van der Waals surface area contributed by atoms with Gasteiger partial charge in [-0.05, 0) is 18.3 Å². The zero-order valence-corrected chi connectivity index (χ0v) is 10.5. The van der Waals surface area contributed by atoms with Crippen LogP contribution in [0.4, 0.5) is 0 Å². The lowest BCUT2D eigenvalue weighted by atomic mass is 10.2. The number of aromatic nitrogens is 2. The molecule has 2 aromatic rings. The van der Waals surface area contributed by atoms with Gasteiger partial charge in [0.25, 0.3) is 5.56 Å². The number of H-pyrrole nitrogens is 1. The molecule has 1 heterocycles. The standard InChI is InChI=1S/C11H9N3O3S/c1-16-8-3-6-7(4-9(8)17-2)13-11(18)14(5-12)10(6)15/h3-4H,1-2H3,(H,13,18). The predicted molar refractivity (Wildman–Crippen MR) is 67.5 cm³/mol. The average Bonchev–Trinajstić information content (AvgIpc) is 2.37. The van der Waals surface area contributed by atoms with Gasteiger partial charge in [-0.15, -0.1) is 0 Å². The molecule has 0 radical (unpaired) electrons. The minimum absolute atomic E-state index is 0.0437. The largest absolute Gasteiger partial charge is 0.493 e. The van der Waals surface area contributed by atoms with Gasteiger partial charge in [-0.1, -0.05) is 0 Å². The summed E-state index contributed by atoms with van der Waals surface area (Å²) in [4.78, 5) is 14.8. The van der Waals surface area contributed by atoms with Gasteiger partial charge in [0.15, 0.2) is 22.5 Å². The number of methoxy groups -OCH3 is 2. The molecule has 18 heavy (non-hydrogen) atoms. The van der Waals surface area contributed by atoms with Gasteiger partial charge in [0, 0.05) is 6.07 Å². The maximum absolute atomic E-state index is 12.0. The number of hydrogen-bond acceptors (Lipinski definition) is 5. The van der Waals surface area contributed by atoms with Gasteiger partial charge < -0.3 is 14.5 Å². The van der Waals surface area contributed by atoms with Crippen molar-refractivity contribution in [1.29, 1.82) is 5.26 Å². The van der Waals surface area contributed by atoms with Crippen LogP contribution in [0.5, 0.6) is 11.5 Å². The summed E-state index contributed by atoms with van der Waals surface area (Å²) in [5, 5.41) is 9.16. The molecule has 0 fully saturated rings. The summed E-state index contributed by atoms with van der Waals surface area (Å²) < 4.78 is 11.1. The molecule has 0 saturated heterocycles. The monoisotopic (exact) mass is 263 g/mol. The van der Waals surface area contributed by atoms with Crippen LogP contribution in [-0.2, 0) is 0 Å². The lowest BCUT2D eigenvalue weighted by Crippen LogP contribution is -2.18. The Morgan fingerprint density at radius 2 is 1.94 bits per heavy atom. The number of aromatic amines is 1. The minimum Gasteiger partial charge on any atom is -0.493 e. The van der Waals surface area contributed by atoms with Crippen LogP contribution in [0.15, 0.2) is 16.9 Å². The molecule has 0 aliphatic carbocycles. The fourth-order valence-corrected chi connectivity index (χ4v) is 1.87. The lowest BCUT2D eigenvalue weighted by Gasteiger charge is -2.09. The first kappa shape index (κ1) is 12.1. The molecular formula is C11H9N3O3S. The maximum atomic E-state index is 12.0. The van der Waals surface area contributed by atoms with Crippen molar-refractivity contribution < 1.29 is 9.47 Å². The number of hydrogen-bond donors (Lipinski definition) is 1. The third-order valence-corrected chi connectivity index (χ3v) is 2.79. The fraction of sp³-hybridized carbons (Fsp3) is 0.182. The zero-order valence-electron chi connectivity index (χ0n) is 9.68. The number of nitrogens with one attached hydrogen (secondary N) is 1. The first-order valence-corrected chi connectivity index (χ1v) is 5.34. The highest BCUT2D eigenvalue weighted by Gasteiger charge is 2.11. The Kier molecular flexibility index (Phi) is 3.04. The Hall–Kier alpha value is -2.33. The summed E-state index contributed by atoms with van der Waals surface area (Å²) >= 11 is 4.92. The van der Waals surface area contributed by atoms with Crippen LogP contribution >= 0.6 is 12.2 Å². The molecule has 0 aliphatic rings. The number of nitriles is 1. The Morgan fingerprint density at radius 1 is 1.33 bits per heavy atom. The second kappa shape index (κ2) is 4.50. The van der Waals surface area contributed by atoms with Crippen LogP contribution in [-0.4, -0.2) is 23.8 Å². The van der Waals surface area contributed by atoms with Gasteiger partial charge >= 0.3 is 0 Å². The zero-order chi connectivity index (χ0) is 13.3. The number of benzene rings is 1. The molecule has 1 N–H and O–H groups in total. The van der Waals surface area contributed by atoms with Crippen molar-refractivity contribution in [3.63, 3.8) is 0 Å². The predicted octanol–water partition coefficient (Wildman–Crippen LogP) is 1.41. The summed E-state index contributed by atoms with van der Waals surface area (Å²) in [5.74, 6) is 0.891. The minimum atomic E-state index is -0.489. The van der Waals surface area contributed by atoms with Gasteiger partial charge in [-0.2, -0.15) is 9.83 Å². The van der Waals surface area contributed by atoms with E-state index >= 15 is 0 Å².